The molecular formula is C18H19F3N6O3. The number of hydrogen-bond acceptors (Lipinski definition) is 8. The molecule has 1 aliphatic heterocycles. The first-order valence-corrected chi connectivity index (χ1v) is 8.66. The van der Waals surface area contributed by atoms with E-state index in [0.29, 0.717) is 0 Å². The largest absolute Gasteiger partial charge is 0.479 e. The maximum Gasteiger partial charge on any atom is 0.259 e. The number of guanidine groups is 1. The summed E-state index contributed by atoms with van der Waals surface area (Å²) < 4.78 is 52.5. The summed E-state index contributed by atoms with van der Waals surface area (Å²) >= 11 is 0. The number of aromatic nitrogens is 2. The predicted molar refractivity (Wildman–Crippen MR) is 101 cm³/mol. The molecule has 1 aliphatic rings. The minimum absolute atomic E-state index is 0.0546. The summed E-state index contributed by atoms with van der Waals surface area (Å²) in [5.74, 6) is -3.98. The minimum atomic E-state index is -1.59. The molecule has 1 aromatic carbocycles. The maximum atomic E-state index is 14.6. The Morgan fingerprint density at radius 1 is 1.20 bits per heavy atom. The zero-order valence-electron chi connectivity index (χ0n) is 16.4. The molecule has 0 saturated carbocycles. The summed E-state index contributed by atoms with van der Waals surface area (Å²) in [6.07, 6.45) is -0.326. The summed E-state index contributed by atoms with van der Waals surface area (Å²) in [6.45, 7) is -0.195. The van der Waals surface area contributed by atoms with Gasteiger partial charge < -0.3 is 20.1 Å². The Labute approximate surface area is 169 Å². The van der Waals surface area contributed by atoms with Crippen molar-refractivity contribution in [3.05, 3.63) is 41.2 Å². The van der Waals surface area contributed by atoms with Crippen LogP contribution >= 0.6 is 0 Å². The molecule has 0 fully saturated rings. The van der Waals surface area contributed by atoms with Gasteiger partial charge in [-0.3, -0.25) is 10.1 Å². The third-order valence-corrected chi connectivity index (χ3v) is 4.49. The van der Waals surface area contributed by atoms with E-state index in [-0.39, 0.29) is 42.2 Å². The van der Waals surface area contributed by atoms with Gasteiger partial charge in [0.2, 0.25) is 17.7 Å². The van der Waals surface area contributed by atoms with Gasteiger partial charge in [-0.15, -0.1) is 0 Å². The van der Waals surface area contributed by atoms with Crippen LogP contribution in [0.25, 0.3) is 0 Å². The van der Waals surface area contributed by atoms with E-state index in [4.69, 9.17) is 15.2 Å². The second kappa shape index (κ2) is 8.05. The average Bonchev–Trinajstić information content (AvgIpc) is 2.69. The zero-order chi connectivity index (χ0) is 22.1. The van der Waals surface area contributed by atoms with Crippen LogP contribution in [-0.2, 0) is 10.3 Å². The topological polar surface area (TPSA) is 115 Å². The second-order valence-corrected chi connectivity index (χ2v) is 6.59. The van der Waals surface area contributed by atoms with Crippen molar-refractivity contribution < 1.29 is 27.4 Å². The van der Waals surface area contributed by atoms with Gasteiger partial charge in [0.05, 0.1) is 27.2 Å². The first-order chi connectivity index (χ1) is 14.2. The minimum Gasteiger partial charge on any atom is -0.479 e. The van der Waals surface area contributed by atoms with Crippen LogP contribution < -0.4 is 25.4 Å². The SMILES string of the molecule is COc1nc(N(C)C[C@@]2(c3cc(F)ccc3F)CC(=O)NC(N)=N2)nc(OC)c1F. The van der Waals surface area contributed by atoms with Crippen molar-refractivity contribution in [3.63, 3.8) is 0 Å². The Balaban J connectivity index is 2.10. The molecular weight excluding hydrogens is 405 g/mol. The first-order valence-electron chi connectivity index (χ1n) is 8.66. The number of rotatable bonds is 6. The van der Waals surface area contributed by atoms with Crippen molar-refractivity contribution in [2.45, 2.75) is 12.0 Å². The fraction of sp³-hybridized carbons (Fsp3) is 0.333. The summed E-state index contributed by atoms with van der Waals surface area (Å²) in [5, 5.41) is 2.33. The molecule has 2 aromatic rings. The Bertz CT molecular complexity index is 994. The lowest BCUT2D eigenvalue weighted by atomic mass is 9.84. The summed E-state index contributed by atoms with van der Waals surface area (Å²) in [6, 6.07) is 2.83. The van der Waals surface area contributed by atoms with Gasteiger partial charge in [-0.05, 0) is 18.2 Å². The molecule has 1 amide bonds. The van der Waals surface area contributed by atoms with E-state index in [2.05, 4.69) is 20.3 Å². The highest BCUT2D eigenvalue weighted by molar-refractivity contribution is 5.99. The van der Waals surface area contributed by atoms with Crippen molar-refractivity contribution >= 4 is 17.8 Å². The molecule has 2 heterocycles. The lowest BCUT2D eigenvalue weighted by Crippen LogP contribution is -2.52. The van der Waals surface area contributed by atoms with Gasteiger partial charge in [0, 0.05) is 12.6 Å². The fourth-order valence-electron chi connectivity index (χ4n) is 3.24. The Morgan fingerprint density at radius 2 is 1.83 bits per heavy atom. The number of amides is 1. The number of likely N-dealkylation sites (N-methyl/N-ethyl adjacent to an activating group) is 1. The number of halogens is 3. The molecule has 1 atom stereocenters. The molecule has 0 aliphatic carbocycles. The van der Waals surface area contributed by atoms with Gasteiger partial charge in [-0.2, -0.15) is 14.4 Å². The van der Waals surface area contributed by atoms with E-state index in [1.54, 1.807) is 0 Å². The lowest BCUT2D eigenvalue weighted by molar-refractivity contribution is -0.121. The van der Waals surface area contributed by atoms with Gasteiger partial charge in [-0.1, -0.05) is 0 Å². The normalized spacial score (nSPS) is 18.5. The molecule has 3 rings (SSSR count). The Morgan fingerprint density at radius 3 is 2.40 bits per heavy atom. The number of hydrogen-bond donors (Lipinski definition) is 2. The number of nitrogens with zero attached hydrogens (tertiary/aromatic N) is 4. The number of aliphatic imine (C=N–C) groups is 1. The molecule has 0 radical (unpaired) electrons. The highest BCUT2D eigenvalue weighted by Gasteiger charge is 2.42. The van der Waals surface area contributed by atoms with Crippen molar-refractivity contribution in [2.24, 2.45) is 10.7 Å². The molecule has 30 heavy (non-hydrogen) atoms. The fourth-order valence-corrected chi connectivity index (χ4v) is 3.24. The summed E-state index contributed by atoms with van der Waals surface area (Å²) in [5.41, 5.74) is 3.95. The molecule has 1 aromatic heterocycles. The summed E-state index contributed by atoms with van der Waals surface area (Å²) in [7, 11) is 3.94. The first kappa shape index (κ1) is 21.1. The number of methoxy groups -OCH3 is 2. The second-order valence-electron chi connectivity index (χ2n) is 6.59. The van der Waals surface area contributed by atoms with Crippen LogP contribution in [0.2, 0.25) is 0 Å². The van der Waals surface area contributed by atoms with Crippen LogP contribution in [0.3, 0.4) is 0 Å². The van der Waals surface area contributed by atoms with Gasteiger partial charge in [0.15, 0.2) is 5.96 Å². The highest BCUT2D eigenvalue weighted by Crippen LogP contribution is 2.36. The van der Waals surface area contributed by atoms with Crippen molar-refractivity contribution in [3.8, 4) is 11.8 Å². The van der Waals surface area contributed by atoms with Gasteiger partial charge in [0.25, 0.3) is 11.8 Å². The lowest BCUT2D eigenvalue weighted by Gasteiger charge is -2.36. The van der Waals surface area contributed by atoms with E-state index >= 15 is 0 Å². The van der Waals surface area contributed by atoms with Crippen LogP contribution in [0.4, 0.5) is 19.1 Å². The monoisotopic (exact) mass is 424 g/mol. The number of ether oxygens (including phenoxy) is 2. The number of nitrogens with two attached hydrogens (primary N) is 1. The van der Waals surface area contributed by atoms with E-state index in [1.807, 2.05) is 0 Å². The quantitative estimate of drug-likeness (QED) is 0.713. The maximum absolute atomic E-state index is 14.6. The Hall–Kier alpha value is -3.57. The van der Waals surface area contributed by atoms with E-state index in [0.717, 1.165) is 18.2 Å². The van der Waals surface area contributed by atoms with Crippen molar-refractivity contribution in [2.75, 3.05) is 32.7 Å². The molecule has 9 nitrogen and oxygen atoms in total. The molecule has 3 N–H and O–H groups in total. The average molecular weight is 424 g/mol. The van der Waals surface area contributed by atoms with Crippen LogP contribution in [0.5, 0.6) is 11.8 Å². The molecule has 0 unspecified atom stereocenters. The van der Waals surface area contributed by atoms with Crippen molar-refractivity contribution in [1.29, 1.82) is 0 Å². The number of carbonyl (C=O) groups is 1. The molecule has 0 saturated heterocycles. The van der Waals surface area contributed by atoms with E-state index in [1.165, 1.54) is 26.2 Å². The smallest absolute Gasteiger partial charge is 0.259 e. The van der Waals surface area contributed by atoms with Crippen LogP contribution in [0, 0.1) is 17.5 Å². The standard InChI is InChI=1S/C18H19F3N6O3/c1-27(17-24-14(29-2)13(21)15(25-17)30-3)8-18(7-12(28)23-16(22)26-18)10-6-9(19)4-5-11(10)20/h4-6H,7-8H2,1-3H3,(H3,22,23,26,28)/t18-/m1/s1. The zero-order valence-corrected chi connectivity index (χ0v) is 16.4. The molecule has 160 valence electrons. The Kier molecular flexibility index (Phi) is 5.67. The predicted octanol–water partition coefficient (Wildman–Crippen LogP) is 1.08. The number of carbonyl (C=O) groups excluding carboxylic acids is 1. The number of benzene rings is 1. The number of nitrogens with one attached hydrogen (secondary N) is 1. The molecule has 0 bridgehead atoms. The van der Waals surface area contributed by atoms with E-state index in [9.17, 15) is 18.0 Å². The molecule has 12 heteroatoms. The van der Waals surface area contributed by atoms with Gasteiger partial charge in [-0.25, -0.2) is 13.8 Å². The van der Waals surface area contributed by atoms with E-state index < -0.39 is 28.9 Å². The van der Waals surface area contributed by atoms with Gasteiger partial charge in [0.1, 0.15) is 17.2 Å². The summed E-state index contributed by atoms with van der Waals surface area (Å²) in [4.78, 5) is 25.7. The van der Waals surface area contributed by atoms with Gasteiger partial charge >= 0.3 is 0 Å². The third-order valence-electron chi connectivity index (χ3n) is 4.49. The van der Waals surface area contributed by atoms with Crippen molar-refractivity contribution in [1.82, 2.24) is 15.3 Å². The van der Waals surface area contributed by atoms with Crippen LogP contribution in [0.1, 0.15) is 12.0 Å². The van der Waals surface area contributed by atoms with Crippen LogP contribution in [-0.4, -0.2) is 49.6 Å². The third kappa shape index (κ3) is 3.93. The highest BCUT2D eigenvalue weighted by atomic mass is 19.1. The molecule has 0 spiro atoms. The number of anilines is 1. The van der Waals surface area contributed by atoms with Crippen LogP contribution in [0.15, 0.2) is 23.2 Å².